The number of carbonyl (C=O) groups excluding carboxylic acids is 3. The molecule has 0 aliphatic heterocycles. The summed E-state index contributed by atoms with van der Waals surface area (Å²) in [6, 6.07) is 58.6. The summed E-state index contributed by atoms with van der Waals surface area (Å²) < 4.78 is 76.2. The van der Waals surface area contributed by atoms with Crippen LogP contribution in [-0.4, -0.2) is 57.6 Å². The highest BCUT2D eigenvalue weighted by atomic mass is 35.5. The Labute approximate surface area is 721 Å². The first kappa shape index (κ1) is 88.3. The average molecular weight is 1710 g/mol. The zero-order chi connectivity index (χ0) is 90.6. The van der Waals surface area contributed by atoms with Gasteiger partial charge in [0.25, 0.3) is 11.4 Å². The Morgan fingerprint density at radius 2 is 0.714 bits per heavy atom. The predicted octanol–water partition coefficient (Wildman–Crippen LogP) is 20.1. The molecule has 0 aliphatic rings. The summed E-state index contributed by atoms with van der Waals surface area (Å²) in [4.78, 5) is 75.4. The molecule has 3 amide bonds. The smallest absolute Gasteiger partial charge is 0.270 e. The van der Waals surface area contributed by atoms with Gasteiger partial charge in [-0.05, 0) is 201 Å². The van der Waals surface area contributed by atoms with E-state index >= 15 is 0 Å². The molecule has 24 nitrogen and oxygen atoms in total. The first-order valence-corrected chi connectivity index (χ1v) is 38.1. The number of hydrogen-bond donors (Lipinski definition) is 9. The van der Waals surface area contributed by atoms with Gasteiger partial charge in [-0.1, -0.05) is 94.9 Å². The molecule has 0 saturated heterocycles. The van der Waals surface area contributed by atoms with Crippen molar-refractivity contribution in [1.29, 1.82) is 0 Å². The van der Waals surface area contributed by atoms with Gasteiger partial charge in [0, 0.05) is 155 Å². The molecule has 0 fully saturated rings. The average Bonchev–Trinajstić information content (AvgIpc) is 0.981. The number of carbonyl (C=O) groups is 3. The Balaban J connectivity index is 0.000000143. The number of benzene rings is 10. The summed E-state index contributed by atoms with van der Waals surface area (Å²) in [5.74, 6) is -0.0578. The van der Waals surface area contributed by atoms with E-state index in [1.54, 1.807) is 153 Å². The molecule has 628 valence electrons. The van der Waals surface area contributed by atoms with Gasteiger partial charge in [0.1, 0.15) is 69.5 Å². The lowest BCUT2D eigenvalue weighted by molar-refractivity contribution is -0.385. The van der Waals surface area contributed by atoms with E-state index in [4.69, 9.17) is 68.3 Å². The van der Waals surface area contributed by atoms with Crippen LogP contribution in [0.2, 0.25) is 5.02 Å². The topological polar surface area (TPSA) is 443 Å². The van der Waals surface area contributed by atoms with Crippen molar-refractivity contribution in [2.75, 3.05) is 28.7 Å². The molecule has 0 spiro atoms. The number of halogens is 6. The lowest BCUT2D eigenvalue weighted by Gasteiger charge is -2.11. The largest absolute Gasteiger partial charge is 0.507 e. The van der Waals surface area contributed by atoms with Crippen molar-refractivity contribution in [2.24, 2.45) is 17.2 Å². The number of aryl methyl sites for hydroxylation is 4. The van der Waals surface area contributed by atoms with Crippen molar-refractivity contribution in [3.63, 3.8) is 0 Å². The molecule has 0 saturated carbocycles. The van der Waals surface area contributed by atoms with Gasteiger partial charge in [0.05, 0.1) is 32.3 Å². The summed E-state index contributed by atoms with van der Waals surface area (Å²) >= 11 is 6.11. The Kier molecular flexibility index (Phi) is 26.7. The number of furan rings is 1. The minimum atomic E-state index is -0.622. The number of amides is 3. The molecule has 126 heavy (non-hydrogen) atoms. The monoisotopic (exact) mass is 1710 g/mol. The van der Waals surface area contributed by atoms with Crippen molar-refractivity contribution >= 4 is 80.8 Å². The number of nitrogen functional groups attached to an aromatic ring is 5. The minimum Gasteiger partial charge on any atom is -0.507 e. The van der Waals surface area contributed by atoms with Crippen LogP contribution in [0.3, 0.4) is 0 Å². The third-order valence-electron chi connectivity index (χ3n) is 19.9. The van der Waals surface area contributed by atoms with Crippen LogP contribution in [-0.2, 0) is 0 Å². The number of terminal acetylenes is 1. The molecule has 0 unspecified atom stereocenters. The van der Waals surface area contributed by atoms with E-state index in [2.05, 4.69) is 30.8 Å². The molecule has 16 aromatic rings. The fourth-order valence-corrected chi connectivity index (χ4v) is 13.6. The second kappa shape index (κ2) is 38.2. The van der Waals surface area contributed by atoms with Crippen molar-refractivity contribution in [1.82, 2.24) is 24.9 Å². The number of aromatic nitrogens is 5. The molecule has 16 rings (SSSR count). The summed E-state index contributed by atoms with van der Waals surface area (Å²) in [6.45, 7) is 7.49. The lowest BCUT2D eigenvalue weighted by Crippen LogP contribution is -2.12. The van der Waals surface area contributed by atoms with Gasteiger partial charge in [-0.15, -0.1) is 6.42 Å². The van der Waals surface area contributed by atoms with Crippen LogP contribution in [0.1, 0.15) is 58.9 Å². The van der Waals surface area contributed by atoms with Crippen LogP contribution < -0.4 is 45.9 Å². The van der Waals surface area contributed by atoms with E-state index in [9.17, 15) is 61.7 Å². The summed E-state index contributed by atoms with van der Waals surface area (Å²) in [5.41, 5.74) is 61.7. The molecular weight excluding hydrogens is 1640 g/mol. The number of aromatic hydroxyl groups is 1. The van der Waals surface area contributed by atoms with E-state index in [-0.39, 0.29) is 79.3 Å². The zero-order valence-electron chi connectivity index (χ0n) is 67.1. The highest BCUT2D eigenvalue weighted by Crippen LogP contribution is 2.40. The molecule has 30 heteroatoms. The summed E-state index contributed by atoms with van der Waals surface area (Å²) in [5, 5.41) is 32.7. The third kappa shape index (κ3) is 20.4. The van der Waals surface area contributed by atoms with Gasteiger partial charge in [-0.3, -0.25) is 34.6 Å². The number of pyridine rings is 5. The number of hydrogen-bond acceptors (Lipinski definition) is 19. The molecular formula is C96H73ClF5N15O9. The van der Waals surface area contributed by atoms with Gasteiger partial charge >= 0.3 is 0 Å². The molecule has 17 N–H and O–H groups in total. The second-order valence-corrected chi connectivity index (χ2v) is 28.9. The van der Waals surface area contributed by atoms with Crippen LogP contribution in [0.15, 0.2) is 266 Å². The number of primary amides is 3. The number of rotatable bonds is 15. The molecule has 6 aromatic heterocycles. The number of phenolic OH excluding ortho intramolecular Hbond substituents is 1. The van der Waals surface area contributed by atoms with E-state index in [1.807, 2.05) is 51.1 Å². The summed E-state index contributed by atoms with van der Waals surface area (Å²) in [7, 11) is 0. The standard InChI is InChI=1S/C20H18FN3O.C19H15ClFN3O.2C19H12FN3O3.C19H16FN3O/c1-11-3-6-18(21)16(7-11)14-9-17(19(22)24-10-14)13-4-5-15(20(23)25)12(2)8-13;1-10-2-5-17(21)14(6-10)12-7-15(18(22)24-9-12)11-3-4-13(19(23)25)16(20)8-11;20-17-3-2-14(23(24)25)9-15(17)13-8-16(19(21)22-10-13)11-1-4-18-12(7-11)5-6-26-18;1-2-11-7-12(3-6-18(11)24)16-8-13(10-22-19(16)21)15-9-14(23(25)26)4-5-17(15)20;1-11-2-7-17(20)15(8-11)14-9-16(18(21)23-10-14)12-3-5-13(6-4-12)19(22)24/h3-10H,1-2H3,(H2,22,24)(H2,23,25);2-9H,1H3,(H2,22,24)(H2,23,25);1-10H,(H2,21,22);1,3-10,24H,(H2,21,22);2-10H,1H3,(H2,21,23)(H2,22,24). The van der Waals surface area contributed by atoms with E-state index in [0.717, 1.165) is 80.2 Å². The van der Waals surface area contributed by atoms with Crippen LogP contribution in [0.4, 0.5) is 62.4 Å². The van der Waals surface area contributed by atoms with Crippen molar-refractivity contribution in [3.8, 4) is 129 Å². The lowest BCUT2D eigenvalue weighted by atomic mass is 9.97. The number of anilines is 5. The van der Waals surface area contributed by atoms with Crippen LogP contribution in [0.25, 0.3) is 122 Å². The number of nitro groups is 2. The van der Waals surface area contributed by atoms with E-state index < -0.39 is 39.2 Å². The zero-order valence-corrected chi connectivity index (χ0v) is 67.9. The molecule has 10 aromatic carbocycles. The number of phenols is 1. The SMILES string of the molecule is C#Cc1cc(-c2cc(-c3cc([N+](=O)[O-])ccc3F)cnc2N)ccc1O.Cc1ccc(F)c(-c2cnc(N)c(-c3ccc(C(N)=O)c(C)c3)c2)c1.Cc1ccc(F)c(-c2cnc(N)c(-c3ccc(C(N)=O)c(Cl)c3)c2)c1.Cc1ccc(F)c(-c2cnc(N)c(-c3ccc(C(N)=O)cc3)c2)c1.Nc1ncc(-c2cc([N+](=O)[O-])ccc2F)cc1-c1ccc2occc2c1. The molecule has 0 radical (unpaired) electrons. The van der Waals surface area contributed by atoms with Gasteiger partial charge in [-0.2, -0.15) is 0 Å². The molecule has 0 bridgehead atoms. The van der Waals surface area contributed by atoms with Gasteiger partial charge in [0.15, 0.2) is 0 Å². The summed E-state index contributed by atoms with van der Waals surface area (Å²) in [6.07, 6.45) is 14.3. The number of nitrogens with two attached hydrogens (primary N) is 8. The highest BCUT2D eigenvalue weighted by Gasteiger charge is 2.22. The van der Waals surface area contributed by atoms with Crippen molar-refractivity contribution in [3.05, 3.63) is 361 Å². The maximum absolute atomic E-state index is 14.2. The first-order chi connectivity index (χ1) is 60.1. The van der Waals surface area contributed by atoms with Crippen molar-refractivity contribution < 1.29 is 55.7 Å². The van der Waals surface area contributed by atoms with Gasteiger partial charge in [-0.25, -0.2) is 46.9 Å². The highest BCUT2D eigenvalue weighted by molar-refractivity contribution is 6.34. The first-order valence-electron chi connectivity index (χ1n) is 37.8. The Morgan fingerprint density at radius 3 is 1.08 bits per heavy atom. The molecule has 0 atom stereocenters. The van der Waals surface area contributed by atoms with Crippen LogP contribution in [0.5, 0.6) is 5.75 Å². The fourth-order valence-electron chi connectivity index (χ4n) is 13.3. The quantitative estimate of drug-likeness (QED) is 0.0199. The van der Waals surface area contributed by atoms with Gasteiger partial charge < -0.3 is 55.4 Å². The Bertz CT molecular complexity index is 6890. The van der Waals surface area contributed by atoms with Crippen LogP contribution >= 0.6 is 11.6 Å². The Morgan fingerprint density at radius 1 is 0.381 bits per heavy atom. The molecule has 0 aliphatic carbocycles. The number of nitro benzene ring substituents is 2. The molecule has 6 heterocycles. The maximum atomic E-state index is 14.2. The van der Waals surface area contributed by atoms with E-state index in [0.29, 0.717) is 106 Å². The second-order valence-electron chi connectivity index (χ2n) is 28.5. The van der Waals surface area contributed by atoms with Gasteiger partial charge in [0.2, 0.25) is 17.7 Å². The number of non-ortho nitro benzene ring substituents is 2. The number of fused-ring (bicyclic) bond motifs is 1. The van der Waals surface area contributed by atoms with E-state index in [1.165, 1.54) is 55.0 Å². The fraction of sp³-hybridized carbons (Fsp3) is 0.0417. The van der Waals surface area contributed by atoms with Crippen LogP contribution in [0, 0.1) is 89.4 Å². The predicted molar refractivity (Wildman–Crippen MR) is 480 cm³/mol. The van der Waals surface area contributed by atoms with Crippen molar-refractivity contribution in [2.45, 2.75) is 27.7 Å². The number of nitrogens with zero attached hydrogens (tertiary/aromatic N) is 7. The maximum Gasteiger partial charge on any atom is 0.270 e. The minimum absolute atomic E-state index is 0.0314. The Hall–Kier alpha value is -17.0. The third-order valence-corrected chi connectivity index (χ3v) is 20.2. The normalized spacial score (nSPS) is 10.6.